The van der Waals surface area contributed by atoms with Crippen LogP contribution in [-0.2, 0) is 9.47 Å². The third-order valence-corrected chi connectivity index (χ3v) is 9.35. The molecule has 1 N–H and O–H groups in total. The molecule has 5 fully saturated rings. The number of hydrogen-bond acceptors (Lipinski definition) is 3. The Balaban J connectivity index is 1.46. The molecule has 4 aliphatic carbocycles. The molecule has 1 spiro atoms. The fourth-order valence-electron chi connectivity index (χ4n) is 8.06. The van der Waals surface area contributed by atoms with Crippen LogP contribution in [0.2, 0.25) is 0 Å². The number of fused-ring (bicyclic) bond motifs is 5. The molecule has 5 rings (SSSR count). The Kier molecular flexibility index (Phi) is 3.49. The van der Waals surface area contributed by atoms with Crippen LogP contribution in [0.1, 0.15) is 71.6 Å². The smallest absolute Gasteiger partial charge is 0.169 e. The third kappa shape index (κ3) is 2.01. The lowest BCUT2D eigenvalue weighted by atomic mass is 9.44. The molecule has 7 unspecified atom stereocenters. The van der Waals surface area contributed by atoms with Crippen LogP contribution in [0.4, 0.5) is 0 Å². The zero-order valence-electron chi connectivity index (χ0n) is 15.4. The van der Waals surface area contributed by atoms with Crippen LogP contribution in [0.3, 0.4) is 0 Å². The first kappa shape index (κ1) is 16.1. The second-order valence-electron chi connectivity index (χ2n) is 10.1. The van der Waals surface area contributed by atoms with Crippen molar-refractivity contribution in [1.29, 1.82) is 0 Å². The Labute approximate surface area is 146 Å². The van der Waals surface area contributed by atoms with Crippen LogP contribution in [0.25, 0.3) is 0 Å². The monoisotopic (exact) mass is 334 g/mol. The van der Waals surface area contributed by atoms with Gasteiger partial charge in [0.05, 0.1) is 19.3 Å². The fourth-order valence-corrected chi connectivity index (χ4v) is 8.06. The van der Waals surface area contributed by atoms with Crippen molar-refractivity contribution in [3.8, 4) is 0 Å². The third-order valence-electron chi connectivity index (χ3n) is 9.35. The van der Waals surface area contributed by atoms with Gasteiger partial charge < -0.3 is 14.6 Å². The standard InChI is InChI=1S/C21H34O3/c1-19-9-8-17-15(16(19)5-6-18(19)22)4-3-14-7-10-21(13-20(14,17)2)23-11-12-24-21/h14-18,22H,3-13H2,1-2H3. The Morgan fingerprint density at radius 1 is 0.792 bits per heavy atom. The predicted molar refractivity (Wildman–Crippen MR) is 92.4 cm³/mol. The maximum Gasteiger partial charge on any atom is 0.169 e. The minimum absolute atomic E-state index is 0.0619. The molecule has 0 aromatic heterocycles. The molecule has 5 aliphatic rings. The summed E-state index contributed by atoms with van der Waals surface area (Å²) in [6.07, 6.45) is 11.0. The first-order valence-electron chi connectivity index (χ1n) is 10.4. The molecule has 136 valence electrons. The highest BCUT2D eigenvalue weighted by molar-refractivity contribution is 5.10. The van der Waals surface area contributed by atoms with Crippen molar-refractivity contribution in [1.82, 2.24) is 0 Å². The zero-order chi connectivity index (χ0) is 16.6. The van der Waals surface area contributed by atoms with Gasteiger partial charge in [0.25, 0.3) is 0 Å². The molecule has 7 atom stereocenters. The normalized spacial score (nSPS) is 55.9. The summed E-state index contributed by atoms with van der Waals surface area (Å²) < 4.78 is 12.3. The van der Waals surface area contributed by atoms with Gasteiger partial charge in [-0.25, -0.2) is 0 Å². The van der Waals surface area contributed by atoms with Crippen LogP contribution in [0, 0.1) is 34.5 Å². The number of aliphatic hydroxyl groups excluding tert-OH is 1. The Bertz CT molecular complexity index is 513. The summed E-state index contributed by atoms with van der Waals surface area (Å²) in [5, 5.41) is 10.6. The quantitative estimate of drug-likeness (QED) is 0.724. The SMILES string of the molecule is CC12CCC3C(CCC4CCC5(CC43C)OCCO5)C1CCC2O. The molecular formula is C21H34O3. The van der Waals surface area contributed by atoms with Gasteiger partial charge in [0, 0.05) is 12.8 Å². The molecule has 0 aromatic carbocycles. The van der Waals surface area contributed by atoms with E-state index in [1.165, 1.54) is 38.5 Å². The lowest BCUT2D eigenvalue weighted by Crippen LogP contribution is -2.57. The Hall–Kier alpha value is -0.120. The van der Waals surface area contributed by atoms with Crippen molar-refractivity contribution in [3.05, 3.63) is 0 Å². The first-order chi connectivity index (χ1) is 11.5. The summed E-state index contributed by atoms with van der Waals surface area (Å²) in [6, 6.07) is 0. The molecule has 0 amide bonds. The minimum atomic E-state index is -0.261. The average molecular weight is 334 g/mol. The van der Waals surface area contributed by atoms with E-state index in [0.717, 1.165) is 56.1 Å². The highest BCUT2D eigenvalue weighted by atomic mass is 16.7. The predicted octanol–water partition coefficient (Wildman–Crippen LogP) is 4.13. The van der Waals surface area contributed by atoms with Gasteiger partial charge in [-0.3, -0.25) is 0 Å². The van der Waals surface area contributed by atoms with Gasteiger partial charge in [-0.2, -0.15) is 0 Å². The lowest BCUT2D eigenvalue weighted by molar-refractivity contribution is -0.239. The van der Waals surface area contributed by atoms with Crippen LogP contribution >= 0.6 is 0 Å². The molecule has 1 heterocycles. The molecule has 1 saturated heterocycles. The minimum Gasteiger partial charge on any atom is -0.393 e. The molecule has 24 heavy (non-hydrogen) atoms. The number of aliphatic hydroxyl groups is 1. The van der Waals surface area contributed by atoms with Crippen LogP contribution in [0.5, 0.6) is 0 Å². The van der Waals surface area contributed by atoms with Gasteiger partial charge in [-0.05, 0) is 79.4 Å². The van der Waals surface area contributed by atoms with Crippen molar-refractivity contribution in [2.24, 2.45) is 34.5 Å². The highest BCUT2D eigenvalue weighted by Gasteiger charge is 2.62. The maximum absolute atomic E-state index is 10.6. The first-order valence-corrected chi connectivity index (χ1v) is 10.4. The van der Waals surface area contributed by atoms with Crippen molar-refractivity contribution in [2.45, 2.75) is 83.5 Å². The maximum atomic E-state index is 10.6. The van der Waals surface area contributed by atoms with Gasteiger partial charge in [-0.1, -0.05) is 13.8 Å². The summed E-state index contributed by atoms with van der Waals surface area (Å²) in [7, 11) is 0. The zero-order valence-corrected chi connectivity index (χ0v) is 15.4. The Morgan fingerprint density at radius 3 is 2.33 bits per heavy atom. The molecule has 0 bridgehead atoms. The molecule has 4 saturated carbocycles. The highest BCUT2D eigenvalue weighted by Crippen LogP contribution is 2.67. The molecule has 1 aliphatic heterocycles. The van der Waals surface area contributed by atoms with Crippen LogP contribution in [0.15, 0.2) is 0 Å². The second-order valence-corrected chi connectivity index (χ2v) is 10.1. The van der Waals surface area contributed by atoms with E-state index in [1.54, 1.807) is 0 Å². The number of hydrogen-bond donors (Lipinski definition) is 1. The number of rotatable bonds is 0. The van der Waals surface area contributed by atoms with E-state index in [0.29, 0.717) is 5.41 Å². The topological polar surface area (TPSA) is 38.7 Å². The molecule has 0 aromatic rings. The van der Waals surface area contributed by atoms with E-state index in [4.69, 9.17) is 9.47 Å². The molecular weight excluding hydrogens is 300 g/mol. The summed E-state index contributed by atoms with van der Waals surface area (Å²) >= 11 is 0. The summed E-state index contributed by atoms with van der Waals surface area (Å²) in [4.78, 5) is 0. The number of ether oxygens (including phenoxy) is 2. The average Bonchev–Trinajstić information content (AvgIpc) is 3.12. The van der Waals surface area contributed by atoms with Crippen molar-refractivity contribution in [3.63, 3.8) is 0 Å². The van der Waals surface area contributed by atoms with Gasteiger partial charge in [0.2, 0.25) is 0 Å². The van der Waals surface area contributed by atoms with E-state index in [1.807, 2.05) is 0 Å². The largest absolute Gasteiger partial charge is 0.393 e. The van der Waals surface area contributed by atoms with Crippen LogP contribution < -0.4 is 0 Å². The molecule has 3 nitrogen and oxygen atoms in total. The van der Waals surface area contributed by atoms with Gasteiger partial charge in [0.1, 0.15) is 0 Å². The molecule has 0 radical (unpaired) electrons. The van der Waals surface area contributed by atoms with Crippen molar-refractivity contribution >= 4 is 0 Å². The van der Waals surface area contributed by atoms with E-state index < -0.39 is 0 Å². The lowest BCUT2D eigenvalue weighted by Gasteiger charge is -2.62. The van der Waals surface area contributed by atoms with Gasteiger partial charge in [-0.15, -0.1) is 0 Å². The van der Waals surface area contributed by atoms with Crippen molar-refractivity contribution < 1.29 is 14.6 Å². The fraction of sp³-hybridized carbons (Fsp3) is 1.00. The molecule has 3 heteroatoms. The Morgan fingerprint density at radius 2 is 1.54 bits per heavy atom. The van der Waals surface area contributed by atoms with Gasteiger partial charge >= 0.3 is 0 Å². The van der Waals surface area contributed by atoms with E-state index >= 15 is 0 Å². The van der Waals surface area contributed by atoms with Crippen molar-refractivity contribution in [2.75, 3.05) is 13.2 Å². The summed E-state index contributed by atoms with van der Waals surface area (Å²) in [5.74, 6) is 2.96. The van der Waals surface area contributed by atoms with E-state index in [9.17, 15) is 5.11 Å². The van der Waals surface area contributed by atoms with E-state index in [-0.39, 0.29) is 17.3 Å². The summed E-state index contributed by atoms with van der Waals surface area (Å²) in [6.45, 7) is 6.50. The second kappa shape index (κ2) is 5.20. The van der Waals surface area contributed by atoms with Crippen LogP contribution in [-0.4, -0.2) is 30.2 Å². The summed E-state index contributed by atoms with van der Waals surface area (Å²) in [5.41, 5.74) is 0.567. The van der Waals surface area contributed by atoms with Gasteiger partial charge in [0.15, 0.2) is 5.79 Å². The van der Waals surface area contributed by atoms with E-state index in [2.05, 4.69) is 13.8 Å².